The summed E-state index contributed by atoms with van der Waals surface area (Å²) in [7, 11) is 0. The molecule has 0 aliphatic heterocycles. The summed E-state index contributed by atoms with van der Waals surface area (Å²) in [4.78, 5) is 7.88. The highest BCUT2D eigenvalue weighted by Crippen LogP contribution is 2.30. The Morgan fingerprint density at radius 2 is 1.65 bits per heavy atom. The zero-order chi connectivity index (χ0) is 14.6. The average molecular weight is 281 g/mol. The van der Waals surface area contributed by atoms with Gasteiger partial charge in [-0.25, -0.2) is 9.97 Å². The number of alkyl halides is 3. The van der Waals surface area contributed by atoms with Crippen molar-refractivity contribution in [3.05, 3.63) is 59.7 Å². The van der Waals surface area contributed by atoms with Crippen LogP contribution in [-0.2, 0) is 6.18 Å². The molecular formula is C14H14F3N3. The van der Waals surface area contributed by atoms with Crippen LogP contribution in [0.3, 0.4) is 0 Å². The molecule has 1 N–H and O–H groups in total. The Balaban J connectivity index is 2.31. The van der Waals surface area contributed by atoms with E-state index in [0.717, 1.165) is 23.3 Å². The minimum atomic E-state index is -4.32. The van der Waals surface area contributed by atoms with Gasteiger partial charge in [0, 0.05) is 18.0 Å². The van der Waals surface area contributed by atoms with Crippen molar-refractivity contribution >= 4 is 0 Å². The molecule has 0 fully saturated rings. The van der Waals surface area contributed by atoms with Crippen LogP contribution in [-0.4, -0.2) is 16.5 Å². The molecule has 1 aromatic heterocycles. The Hall–Kier alpha value is -1.95. The summed E-state index contributed by atoms with van der Waals surface area (Å²) >= 11 is 0. The van der Waals surface area contributed by atoms with Crippen LogP contribution >= 0.6 is 0 Å². The summed E-state index contributed by atoms with van der Waals surface area (Å²) in [6.07, 6.45) is 0.400. The molecular weight excluding hydrogens is 267 g/mol. The molecule has 0 saturated carbocycles. The maximum Gasteiger partial charge on any atom is 0.416 e. The summed E-state index contributed by atoms with van der Waals surface area (Å²) in [6.45, 7) is 2.61. The van der Waals surface area contributed by atoms with Crippen LogP contribution < -0.4 is 5.32 Å². The molecule has 0 amide bonds. The fourth-order valence-electron chi connectivity index (χ4n) is 1.96. The number of hydrogen-bond donors (Lipinski definition) is 1. The molecule has 6 heteroatoms. The lowest BCUT2D eigenvalue weighted by Gasteiger charge is -2.18. The minimum Gasteiger partial charge on any atom is -0.306 e. The van der Waals surface area contributed by atoms with E-state index in [9.17, 15) is 13.2 Å². The first-order chi connectivity index (χ1) is 9.52. The third-order valence-electron chi connectivity index (χ3n) is 2.89. The fraction of sp³-hybridized carbons (Fsp3) is 0.286. The molecule has 2 rings (SSSR count). The largest absolute Gasteiger partial charge is 0.416 e. The molecule has 0 saturated heterocycles. The fourth-order valence-corrected chi connectivity index (χ4v) is 1.96. The first-order valence-corrected chi connectivity index (χ1v) is 6.18. The van der Waals surface area contributed by atoms with Gasteiger partial charge in [0.1, 0.15) is 6.33 Å². The smallest absolute Gasteiger partial charge is 0.306 e. The maximum absolute atomic E-state index is 12.6. The van der Waals surface area contributed by atoms with Gasteiger partial charge in [-0.1, -0.05) is 19.1 Å². The van der Waals surface area contributed by atoms with E-state index in [1.807, 2.05) is 6.92 Å². The van der Waals surface area contributed by atoms with Gasteiger partial charge >= 0.3 is 6.18 Å². The molecule has 20 heavy (non-hydrogen) atoms. The normalized spacial score (nSPS) is 13.2. The zero-order valence-corrected chi connectivity index (χ0v) is 10.9. The van der Waals surface area contributed by atoms with Crippen molar-refractivity contribution in [2.75, 3.05) is 6.54 Å². The Morgan fingerprint density at radius 1 is 1.05 bits per heavy atom. The van der Waals surface area contributed by atoms with Gasteiger partial charge in [-0.15, -0.1) is 0 Å². The Bertz CT molecular complexity index is 538. The molecule has 1 heterocycles. The zero-order valence-electron chi connectivity index (χ0n) is 10.9. The molecule has 0 bridgehead atoms. The Morgan fingerprint density at radius 3 is 2.15 bits per heavy atom. The second-order valence-electron chi connectivity index (χ2n) is 4.28. The minimum absolute atomic E-state index is 0.219. The number of benzene rings is 1. The molecule has 1 unspecified atom stereocenters. The predicted molar refractivity (Wildman–Crippen MR) is 69.0 cm³/mol. The standard InChI is InChI=1S/C14H14F3N3/c1-2-20-13(11-7-18-9-19-8-11)10-3-5-12(6-4-10)14(15,16)17/h3-9,13,20H,2H2,1H3. The van der Waals surface area contributed by atoms with Gasteiger partial charge in [-0.3, -0.25) is 0 Å². The number of halogens is 3. The van der Waals surface area contributed by atoms with E-state index < -0.39 is 11.7 Å². The third-order valence-corrected chi connectivity index (χ3v) is 2.89. The highest BCUT2D eigenvalue weighted by atomic mass is 19.4. The van der Waals surface area contributed by atoms with Crippen LogP contribution in [0.4, 0.5) is 13.2 Å². The van der Waals surface area contributed by atoms with Gasteiger partial charge < -0.3 is 5.32 Å². The SMILES string of the molecule is CCNC(c1ccc(C(F)(F)F)cc1)c1cncnc1. The Kier molecular flexibility index (Phi) is 4.34. The topological polar surface area (TPSA) is 37.8 Å². The van der Waals surface area contributed by atoms with Crippen LogP contribution in [0.5, 0.6) is 0 Å². The highest BCUT2D eigenvalue weighted by Gasteiger charge is 2.30. The van der Waals surface area contributed by atoms with Crippen molar-refractivity contribution in [3.8, 4) is 0 Å². The van der Waals surface area contributed by atoms with Gasteiger partial charge in [0.2, 0.25) is 0 Å². The highest BCUT2D eigenvalue weighted by molar-refractivity contribution is 5.32. The van der Waals surface area contributed by atoms with Crippen molar-refractivity contribution in [2.45, 2.75) is 19.1 Å². The number of nitrogens with zero attached hydrogens (tertiary/aromatic N) is 2. The number of aromatic nitrogens is 2. The molecule has 1 aromatic carbocycles. The maximum atomic E-state index is 12.6. The summed E-state index contributed by atoms with van der Waals surface area (Å²) < 4.78 is 37.7. The quantitative estimate of drug-likeness (QED) is 0.935. The van der Waals surface area contributed by atoms with E-state index in [-0.39, 0.29) is 6.04 Å². The summed E-state index contributed by atoms with van der Waals surface area (Å²) in [5.74, 6) is 0. The van der Waals surface area contributed by atoms with Gasteiger partial charge in [0.15, 0.2) is 0 Å². The summed E-state index contributed by atoms with van der Waals surface area (Å²) in [6, 6.07) is 4.91. The van der Waals surface area contributed by atoms with E-state index in [2.05, 4.69) is 15.3 Å². The second kappa shape index (κ2) is 6.00. The van der Waals surface area contributed by atoms with Crippen LogP contribution in [0.25, 0.3) is 0 Å². The lowest BCUT2D eigenvalue weighted by molar-refractivity contribution is -0.137. The third kappa shape index (κ3) is 3.33. The molecule has 0 aliphatic rings. The van der Waals surface area contributed by atoms with E-state index in [1.54, 1.807) is 12.4 Å². The van der Waals surface area contributed by atoms with Gasteiger partial charge in [0.05, 0.1) is 11.6 Å². The van der Waals surface area contributed by atoms with Crippen molar-refractivity contribution in [1.29, 1.82) is 0 Å². The number of nitrogens with one attached hydrogen (secondary N) is 1. The van der Waals surface area contributed by atoms with Gasteiger partial charge in [-0.2, -0.15) is 13.2 Å². The lowest BCUT2D eigenvalue weighted by atomic mass is 10.00. The molecule has 2 aromatic rings. The first-order valence-electron chi connectivity index (χ1n) is 6.18. The van der Waals surface area contributed by atoms with Crippen LogP contribution in [0, 0.1) is 0 Å². The van der Waals surface area contributed by atoms with Crippen molar-refractivity contribution in [3.63, 3.8) is 0 Å². The number of rotatable bonds is 4. The van der Waals surface area contributed by atoms with Crippen molar-refractivity contribution in [1.82, 2.24) is 15.3 Å². The molecule has 1 atom stereocenters. The average Bonchev–Trinajstić information content (AvgIpc) is 2.45. The van der Waals surface area contributed by atoms with Crippen LogP contribution in [0.1, 0.15) is 29.7 Å². The van der Waals surface area contributed by atoms with Crippen LogP contribution in [0.2, 0.25) is 0 Å². The monoisotopic (exact) mass is 281 g/mol. The molecule has 0 spiro atoms. The van der Waals surface area contributed by atoms with Gasteiger partial charge in [-0.05, 0) is 24.2 Å². The molecule has 0 aliphatic carbocycles. The Labute approximate surface area is 114 Å². The predicted octanol–water partition coefficient (Wildman–Crippen LogP) is 3.19. The van der Waals surface area contributed by atoms with Crippen LogP contribution in [0.15, 0.2) is 43.0 Å². The van der Waals surface area contributed by atoms with E-state index in [0.29, 0.717) is 6.54 Å². The van der Waals surface area contributed by atoms with Crippen molar-refractivity contribution in [2.24, 2.45) is 0 Å². The summed E-state index contributed by atoms with van der Waals surface area (Å²) in [5, 5.41) is 3.21. The first kappa shape index (κ1) is 14.5. The van der Waals surface area contributed by atoms with E-state index in [1.165, 1.54) is 18.5 Å². The van der Waals surface area contributed by atoms with Crippen molar-refractivity contribution < 1.29 is 13.2 Å². The lowest BCUT2D eigenvalue weighted by Crippen LogP contribution is -2.22. The second-order valence-corrected chi connectivity index (χ2v) is 4.28. The molecule has 106 valence electrons. The molecule has 0 radical (unpaired) electrons. The van der Waals surface area contributed by atoms with E-state index in [4.69, 9.17) is 0 Å². The summed E-state index contributed by atoms with van der Waals surface area (Å²) in [5.41, 5.74) is 0.907. The van der Waals surface area contributed by atoms with E-state index >= 15 is 0 Å². The molecule has 3 nitrogen and oxygen atoms in total. The van der Waals surface area contributed by atoms with Gasteiger partial charge in [0.25, 0.3) is 0 Å². The number of hydrogen-bond acceptors (Lipinski definition) is 3.